The van der Waals surface area contributed by atoms with Gasteiger partial charge in [-0.3, -0.25) is 9.59 Å². The number of nitrogens with one attached hydrogen (secondary N) is 1. The van der Waals surface area contributed by atoms with Gasteiger partial charge >= 0.3 is 0 Å². The van der Waals surface area contributed by atoms with Gasteiger partial charge in [-0.1, -0.05) is 19.9 Å². The minimum atomic E-state index is -0.460. The monoisotopic (exact) mass is 262 g/mol. The molecule has 0 bridgehead atoms. The number of hydrogen-bond acceptors (Lipinski definition) is 2. The SMILES string of the molecule is Cc1cc(C)cc(NC(=O)[C@H](C(C)C)N(C)C=O)c1. The summed E-state index contributed by atoms with van der Waals surface area (Å²) in [5, 5.41) is 2.88. The molecule has 0 unspecified atom stereocenters. The van der Waals surface area contributed by atoms with Crippen LogP contribution in [0.5, 0.6) is 0 Å². The van der Waals surface area contributed by atoms with Crippen LogP contribution in [0.2, 0.25) is 0 Å². The third kappa shape index (κ3) is 4.09. The van der Waals surface area contributed by atoms with Crippen molar-refractivity contribution in [2.45, 2.75) is 33.7 Å². The average molecular weight is 262 g/mol. The minimum absolute atomic E-state index is 0.0566. The molecular weight excluding hydrogens is 240 g/mol. The van der Waals surface area contributed by atoms with Crippen molar-refractivity contribution in [1.82, 2.24) is 4.90 Å². The number of hydrogen-bond donors (Lipinski definition) is 1. The highest BCUT2D eigenvalue weighted by atomic mass is 16.2. The lowest BCUT2D eigenvalue weighted by molar-refractivity contribution is -0.130. The lowest BCUT2D eigenvalue weighted by atomic mass is 10.0. The maximum absolute atomic E-state index is 12.3. The zero-order valence-corrected chi connectivity index (χ0v) is 12.2. The number of carbonyl (C=O) groups excluding carboxylic acids is 2. The number of benzene rings is 1. The Balaban J connectivity index is 2.90. The summed E-state index contributed by atoms with van der Waals surface area (Å²) < 4.78 is 0. The molecule has 4 heteroatoms. The molecule has 104 valence electrons. The smallest absolute Gasteiger partial charge is 0.247 e. The molecule has 1 rings (SSSR count). The Morgan fingerprint density at radius 3 is 2.16 bits per heavy atom. The van der Waals surface area contributed by atoms with Crippen LogP contribution in [0.15, 0.2) is 18.2 Å². The molecule has 0 aliphatic carbocycles. The van der Waals surface area contributed by atoms with Crippen molar-refractivity contribution >= 4 is 18.0 Å². The highest BCUT2D eigenvalue weighted by molar-refractivity contribution is 5.96. The van der Waals surface area contributed by atoms with E-state index in [-0.39, 0.29) is 11.8 Å². The van der Waals surface area contributed by atoms with E-state index < -0.39 is 6.04 Å². The van der Waals surface area contributed by atoms with Gasteiger partial charge in [-0.25, -0.2) is 0 Å². The summed E-state index contributed by atoms with van der Waals surface area (Å²) in [4.78, 5) is 24.5. The first kappa shape index (κ1) is 15.2. The zero-order valence-electron chi connectivity index (χ0n) is 12.2. The molecule has 1 aromatic rings. The second-order valence-corrected chi connectivity index (χ2v) is 5.33. The maximum atomic E-state index is 12.3. The number of anilines is 1. The Morgan fingerprint density at radius 2 is 1.74 bits per heavy atom. The lowest BCUT2D eigenvalue weighted by Gasteiger charge is -2.27. The second kappa shape index (κ2) is 6.36. The highest BCUT2D eigenvalue weighted by Crippen LogP contribution is 2.16. The molecular formula is C15H22N2O2. The van der Waals surface area contributed by atoms with Crippen LogP contribution in [0.1, 0.15) is 25.0 Å². The van der Waals surface area contributed by atoms with Crippen LogP contribution in [0.25, 0.3) is 0 Å². The van der Waals surface area contributed by atoms with Gasteiger partial charge in [-0.2, -0.15) is 0 Å². The Bertz CT molecular complexity index is 449. The van der Waals surface area contributed by atoms with Crippen LogP contribution in [0.3, 0.4) is 0 Å². The summed E-state index contributed by atoms with van der Waals surface area (Å²) in [6.45, 7) is 7.82. The molecule has 19 heavy (non-hydrogen) atoms. The molecule has 1 aromatic carbocycles. The van der Waals surface area contributed by atoms with E-state index >= 15 is 0 Å². The summed E-state index contributed by atoms with van der Waals surface area (Å²) in [5.41, 5.74) is 2.97. The van der Waals surface area contributed by atoms with Gasteiger partial charge in [0.1, 0.15) is 6.04 Å². The number of nitrogens with zero attached hydrogens (tertiary/aromatic N) is 1. The zero-order chi connectivity index (χ0) is 14.6. The first-order valence-electron chi connectivity index (χ1n) is 6.41. The molecule has 1 atom stereocenters. The third-order valence-electron chi connectivity index (χ3n) is 2.99. The predicted molar refractivity (Wildman–Crippen MR) is 77.0 cm³/mol. The Morgan fingerprint density at radius 1 is 1.21 bits per heavy atom. The van der Waals surface area contributed by atoms with E-state index in [4.69, 9.17) is 0 Å². The summed E-state index contributed by atoms with van der Waals surface area (Å²) in [6.07, 6.45) is 0.686. The summed E-state index contributed by atoms with van der Waals surface area (Å²) >= 11 is 0. The van der Waals surface area contributed by atoms with Gasteiger partial charge in [-0.05, 0) is 43.0 Å². The minimum Gasteiger partial charge on any atom is -0.336 e. The molecule has 0 radical (unpaired) electrons. The first-order chi connectivity index (χ1) is 8.85. The normalized spacial score (nSPS) is 12.1. The number of rotatable bonds is 5. The van der Waals surface area contributed by atoms with Crippen molar-refractivity contribution in [1.29, 1.82) is 0 Å². The van der Waals surface area contributed by atoms with E-state index in [1.165, 1.54) is 4.90 Å². The van der Waals surface area contributed by atoms with Gasteiger partial charge in [0.15, 0.2) is 0 Å². The van der Waals surface area contributed by atoms with Crippen molar-refractivity contribution in [2.75, 3.05) is 12.4 Å². The largest absolute Gasteiger partial charge is 0.336 e. The lowest BCUT2D eigenvalue weighted by Crippen LogP contribution is -2.44. The van der Waals surface area contributed by atoms with Crippen molar-refractivity contribution < 1.29 is 9.59 Å². The van der Waals surface area contributed by atoms with Gasteiger partial charge in [-0.15, -0.1) is 0 Å². The van der Waals surface area contributed by atoms with E-state index in [1.54, 1.807) is 7.05 Å². The highest BCUT2D eigenvalue weighted by Gasteiger charge is 2.25. The summed E-state index contributed by atoms with van der Waals surface area (Å²) in [7, 11) is 1.62. The number of aryl methyl sites for hydroxylation is 2. The third-order valence-corrected chi connectivity index (χ3v) is 2.99. The molecule has 2 amide bonds. The standard InChI is InChI=1S/C15H22N2O2/c1-10(2)14(17(5)9-18)15(19)16-13-7-11(3)6-12(4)8-13/h6-10,14H,1-5H3,(H,16,19)/t14-/m0/s1. The Hall–Kier alpha value is -1.84. The summed E-state index contributed by atoms with van der Waals surface area (Å²) in [5.74, 6) is -0.101. The van der Waals surface area contributed by atoms with Crippen LogP contribution < -0.4 is 5.32 Å². The Kier molecular flexibility index (Phi) is 5.10. The fraction of sp³-hybridized carbons (Fsp3) is 0.467. The van der Waals surface area contributed by atoms with E-state index in [0.29, 0.717) is 6.41 Å². The van der Waals surface area contributed by atoms with Crippen molar-refractivity contribution in [3.8, 4) is 0 Å². The number of amides is 2. The van der Waals surface area contributed by atoms with Crippen LogP contribution in [0.4, 0.5) is 5.69 Å². The molecule has 0 heterocycles. The van der Waals surface area contributed by atoms with Crippen LogP contribution in [0, 0.1) is 19.8 Å². The molecule has 0 fully saturated rings. The number of carbonyl (C=O) groups is 2. The van der Waals surface area contributed by atoms with Crippen molar-refractivity contribution in [3.05, 3.63) is 29.3 Å². The van der Waals surface area contributed by atoms with Crippen molar-refractivity contribution in [3.63, 3.8) is 0 Å². The molecule has 0 aromatic heterocycles. The Labute approximate surface area is 114 Å². The molecule has 1 N–H and O–H groups in total. The van der Waals surface area contributed by atoms with Gasteiger partial charge in [0.05, 0.1) is 0 Å². The summed E-state index contributed by atoms with van der Waals surface area (Å²) in [6, 6.07) is 5.43. The molecule has 4 nitrogen and oxygen atoms in total. The topological polar surface area (TPSA) is 49.4 Å². The van der Waals surface area contributed by atoms with Gasteiger partial charge < -0.3 is 10.2 Å². The van der Waals surface area contributed by atoms with Crippen LogP contribution in [-0.4, -0.2) is 30.3 Å². The van der Waals surface area contributed by atoms with Gasteiger partial charge in [0.2, 0.25) is 12.3 Å². The van der Waals surface area contributed by atoms with E-state index in [1.807, 2.05) is 45.9 Å². The quantitative estimate of drug-likeness (QED) is 0.828. The van der Waals surface area contributed by atoms with Gasteiger partial charge in [0.25, 0.3) is 0 Å². The molecule has 0 aliphatic rings. The molecule has 0 saturated heterocycles. The van der Waals surface area contributed by atoms with E-state index in [2.05, 4.69) is 5.32 Å². The molecule has 0 aliphatic heterocycles. The fourth-order valence-electron chi connectivity index (χ4n) is 2.29. The van der Waals surface area contributed by atoms with Crippen LogP contribution >= 0.6 is 0 Å². The van der Waals surface area contributed by atoms with Crippen molar-refractivity contribution in [2.24, 2.45) is 5.92 Å². The average Bonchev–Trinajstić information content (AvgIpc) is 2.26. The van der Waals surface area contributed by atoms with E-state index in [9.17, 15) is 9.59 Å². The predicted octanol–water partition coefficient (Wildman–Crippen LogP) is 2.35. The first-order valence-corrected chi connectivity index (χ1v) is 6.41. The van der Waals surface area contributed by atoms with Gasteiger partial charge in [0, 0.05) is 12.7 Å². The maximum Gasteiger partial charge on any atom is 0.247 e. The molecule has 0 spiro atoms. The molecule has 0 saturated carbocycles. The fourth-order valence-corrected chi connectivity index (χ4v) is 2.29. The van der Waals surface area contributed by atoms with Crippen LogP contribution in [-0.2, 0) is 9.59 Å². The number of likely N-dealkylation sites (N-methyl/N-ethyl adjacent to an activating group) is 1. The second-order valence-electron chi connectivity index (χ2n) is 5.33. The van der Waals surface area contributed by atoms with E-state index in [0.717, 1.165) is 16.8 Å².